The molecule has 0 heterocycles. The van der Waals surface area contributed by atoms with Gasteiger partial charge in [0.15, 0.2) is 8.03 Å². The molecule has 0 aliphatic rings. The number of hydrogen-bond donors (Lipinski definition) is 1. The van der Waals surface area contributed by atoms with Crippen LogP contribution in [0.15, 0.2) is 12.2 Å². The summed E-state index contributed by atoms with van der Waals surface area (Å²) in [7, 11) is -2.28. The number of rotatable bonds is 2. The lowest BCUT2D eigenvalue weighted by Gasteiger charge is -1.88. The highest BCUT2D eigenvalue weighted by molar-refractivity contribution is 7.38. The van der Waals surface area contributed by atoms with Crippen molar-refractivity contribution in [2.45, 2.75) is 6.92 Å². The van der Waals surface area contributed by atoms with E-state index in [1.165, 1.54) is 0 Å². The zero-order chi connectivity index (χ0) is 5.86. The zero-order valence-electron chi connectivity index (χ0n) is 4.27. The Hall–Kier alpha value is -0.0700. The maximum absolute atomic E-state index is 9.93. The molecule has 0 aliphatic carbocycles. The van der Waals surface area contributed by atoms with Gasteiger partial charge in [-0.2, -0.15) is 0 Å². The average molecular weight is 120 g/mol. The van der Waals surface area contributed by atoms with E-state index in [1.807, 2.05) is 0 Å². The van der Waals surface area contributed by atoms with E-state index in [0.717, 1.165) is 5.57 Å². The van der Waals surface area contributed by atoms with Crippen molar-refractivity contribution in [3.8, 4) is 0 Å². The molecule has 42 valence electrons. The van der Waals surface area contributed by atoms with Gasteiger partial charge in [-0.3, -0.25) is 4.57 Å². The minimum Gasteiger partial charge on any atom is -0.346 e. The molecule has 1 N–H and O–H groups in total. The van der Waals surface area contributed by atoms with Crippen LogP contribution in [-0.4, -0.2) is 11.1 Å². The van der Waals surface area contributed by atoms with Crippen LogP contribution in [0.25, 0.3) is 0 Å². The molecule has 0 aromatic rings. The van der Waals surface area contributed by atoms with Gasteiger partial charge in [-0.15, -0.1) is 0 Å². The highest BCUT2D eigenvalue weighted by Crippen LogP contribution is 2.15. The molecule has 0 fully saturated rings. The molecule has 0 aromatic heterocycles. The smallest absolute Gasteiger partial charge is 0.193 e. The molecule has 0 spiro atoms. The average Bonchev–Trinajstić information content (AvgIpc) is 1.27. The van der Waals surface area contributed by atoms with Crippen LogP contribution in [0, 0.1) is 0 Å². The molecule has 7 heavy (non-hydrogen) atoms. The summed E-state index contributed by atoms with van der Waals surface area (Å²) in [6.45, 7) is 5.20. The van der Waals surface area contributed by atoms with E-state index in [1.54, 1.807) is 6.92 Å². The second-order valence-electron chi connectivity index (χ2n) is 1.53. The SMILES string of the molecule is C=C(C)C[PH](=O)O. The molecule has 0 amide bonds. The van der Waals surface area contributed by atoms with Crippen LogP contribution >= 0.6 is 8.03 Å². The molecule has 0 aromatic carbocycles. The fraction of sp³-hybridized carbons (Fsp3) is 0.500. The van der Waals surface area contributed by atoms with Crippen LogP contribution in [-0.2, 0) is 4.57 Å². The Labute approximate surface area is 43.7 Å². The van der Waals surface area contributed by atoms with Crippen LogP contribution in [0.2, 0.25) is 0 Å². The van der Waals surface area contributed by atoms with Crippen molar-refractivity contribution in [2.24, 2.45) is 0 Å². The summed E-state index contributed by atoms with van der Waals surface area (Å²) in [5.74, 6) is 0. The Bertz CT molecular complexity index is 85.9. The first-order chi connectivity index (χ1) is 3.13. The first kappa shape index (κ1) is 6.93. The van der Waals surface area contributed by atoms with Gasteiger partial charge >= 0.3 is 0 Å². The molecular weight excluding hydrogens is 111 g/mol. The summed E-state index contributed by atoms with van der Waals surface area (Å²) >= 11 is 0. The van der Waals surface area contributed by atoms with Gasteiger partial charge in [-0.05, 0) is 6.92 Å². The van der Waals surface area contributed by atoms with Gasteiger partial charge in [0.2, 0.25) is 0 Å². The predicted molar refractivity (Wildman–Crippen MR) is 30.9 cm³/mol. The van der Waals surface area contributed by atoms with Gasteiger partial charge in [0.25, 0.3) is 0 Å². The number of allylic oxidation sites excluding steroid dienone is 1. The lowest BCUT2D eigenvalue weighted by molar-refractivity contribution is 0.505. The lowest BCUT2D eigenvalue weighted by Crippen LogP contribution is -1.74. The molecule has 2 nitrogen and oxygen atoms in total. The summed E-state index contributed by atoms with van der Waals surface area (Å²) in [5.41, 5.74) is 0.770. The third-order valence-corrected chi connectivity index (χ3v) is 1.36. The number of hydrogen-bond acceptors (Lipinski definition) is 1. The van der Waals surface area contributed by atoms with Gasteiger partial charge in [0.1, 0.15) is 0 Å². The monoisotopic (exact) mass is 120 g/mol. The second-order valence-corrected chi connectivity index (χ2v) is 2.67. The normalized spacial score (nSPS) is 13.4. The molecule has 1 atom stereocenters. The van der Waals surface area contributed by atoms with Gasteiger partial charge in [-0.1, -0.05) is 12.2 Å². The van der Waals surface area contributed by atoms with Gasteiger partial charge < -0.3 is 4.89 Å². The van der Waals surface area contributed by atoms with E-state index >= 15 is 0 Å². The topological polar surface area (TPSA) is 37.3 Å². The highest BCUT2D eigenvalue weighted by Gasteiger charge is 1.88. The maximum Gasteiger partial charge on any atom is 0.193 e. The fourth-order valence-electron chi connectivity index (χ4n) is 0.258. The van der Waals surface area contributed by atoms with Crippen molar-refractivity contribution >= 4 is 8.03 Å². The van der Waals surface area contributed by atoms with E-state index in [9.17, 15) is 4.57 Å². The molecule has 0 saturated heterocycles. The summed E-state index contributed by atoms with van der Waals surface area (Å²) in [6, 6.07) is 0. The molecule has 3 heteroatoms. The minimum atomic E-state index is -2.28. The predicted octanol–water partition coefficient (Wildman–Crippen LogP) is 1.03. The van der Waals surface area contributed by atoms with Gasteiger partial charge in [0, 0.05) is 6.16 Å². The molecule has 0 saturated carbocycles. The second kappa shape index (κ2) is 3.00. The Morgan fingerprint density at radius 3 is 2.43 bits per heavy atom. The van der Waals surface area contributed by atoms with Crippen molar-refractivity contribution in [1.82, 2.24) is 0 Å². The van der Waals surface area contributed by atoms with E-state index in [4.69, 9.17) is 4.89 Å². The van der Waals surface area contributed by atoms with Gasteiger partial charge in [0.05, 0.1) is 0 Å². The molecule has 0 radical (unpaired) electrons. The van der Waals surface area contributed by atoms with Crippen molar-refractivity contribution < 1.29 is 9.46 Å². The van der Waals surface area contributed by atoms with Crippen LogP contribution in [0.4, 0.5) is 0 Å². The third kappa shape index (κ3) is 5.93. The molecule has 1 unspecified atom stereocenters. The Morgan fingerprint density at radius 2 is 2.43 bits per heavy atom. The Morgan fingerprint density at radius 1 is 2.00 bits per heavy atom. The standard InChI is InChI=1S/C4H9O2P/c1-4(2)3-7(5)6/h7H,1,3H2,2H3,(H,5,6). The van der Waals surface area contributed by atoms with E-state index in [0.29, 0.717) is 0 Å². The van der Waals surface area contributed by atoms with Crippen LogP contribution in [0.5, 0.6) is 0 Å². The Kier molecular flexibility index (Phi) is 2.97. The van der Waals surface area contributed by atoms with Gasteiger partial charge in [-0.25, -0.2) is 0 Å². The first-order valence-electron chi connectivity index (χ1n) is 1.99. The van der Waals surface area contributed by atoms with Crippen LogP contribution in [0.1, 0.15) is 6.92 Å². The van der Waals surface area contributed by atoms with Crippen molar-refractivity contribution in [3.05, 3.63) is 12.2 Å². The Balaban J connectivity index is 3.32. The first-order valence-corrected chi connectivity index (χ1v) is 3.55. The fourth-order valence-corrected chi connectivity index (χ4v) is 0.774. The summed E-state index contributed by atoms with van der Waals surface area (Å²) in [5, 5.41) is 0. The van der Waals surface area contributed by atoms with E-state index in [2.05, 4.69) is 6.58 Å². The van der Waals surface area contributed by atoms with Crippen LogP contribution in [0.3, 0.4) is 0 Å². The molecule has 0 rings (SSSR count). The maximum atomic E-state index is 9.93. The van der Waals surface area contributed by atoms with Crippen molar-refractivity contribution in [2.75, 3.05) is 6.16 Å². The third-order valence-electron chi connectivity index (χ3n) is 0.453. The highest BCUT2D eigenvalue weighted by atomic mass is 31.1. The van der Waals surface area contributed by atoms with E-state index < -0.39 is 8.03 Å². The van der Waals surface area contributed by atoms with Crippen LogP contribution < -0.4 is 0 Å². The molecule has 0 bridgehead atoms. The summed E-state index contributed by atoms with van der Waals surface area (Å²) in [6.07, 6.45) is 0.269. The quantitative estimate of drug-likeness (QED) is 0.436. The lowest BCUT2D eigenvalue weighted by atomic mass is 10.4. The van der Waals surface area contributed by atoms with Crippen molar-refractivity contribution in [3.63, 3.8) is 0 Å². The summed E-state index contributed by atoms with van der Waals surface area (Å²) < 4.78 is 9.93. The zero-order valence-corrected chi connectivity index (χ0v) is 5.27. The molecule has 0 aliphatic heterocycles. The van der Waals surface area contributed by atoms with Crippen molar-refractivity contribution in [1.29, 1.82) is 0 Å². The van der Waals surface area contributed by atoms with E-state index in [-0.39, 0.29) is 6.16 Å². The molecular formula is C4H9O2P. The largest absolute Gasteiger partial charge is 0.346 e. The minimum absolute atomic E-state index is 0.269. The summed E-state index contributed by atoms with van der Waals surface area (Å²) in [4.78, 5) is 8.21.